The van der Waals surface area contributed by atoms with Gasteiger partial charge in [-0.15, -0.1) is 11.3 Å². The predicted octanol–water partition coefficient (Wildman–Crippen LogP) is 2.87. The molecule has 0 bridgehead atoms. The first-order chi connectivity index (χ1) is 8.61. The van der Waals surface area contributed by atoms with Gasteiger partial charge in [0.1, 0.15) is 5.41 Å². The van der Waals surface area contributed by atoms with Crippen LogP contribution >= 0.6 is 11.3 Å². The number of nitrogens with one attached hydrogen (secondary N) is 1. The lowest BCUT2D eigenvalue weighted by molar-refractivity contribution is -0.134. The fourth-order valence-electron chi connectivity index (χ4n) is 2.62. The van der Waals surface area contributed by atoms with Crippen LogP contribution in [0.4, 0.5) is 0 Å². The number of hydrogen-bond acceptors (Lipinski definition) is 3. The van der Waals surface area contributed by atoms with E-state index in [0.717, 1.165) is 6.42 Å². The van der Waals surface area contributed by atoms with Crippen molar-refractivity contribution in [2.45, 2.75) is 39.7 Å². The SMILES string of the molecule is CCc1ccsc1CNC(=O)C1(C#N)CC(C)C1. The molecule has 1 heterocycles. The summed E-state index contributed by atoms with van der Waals surface area (Å²) in [6.07, 6.45) is 2.37. The van der Waals surface area contributed by atoms with E-state index in [1.807, 2.05) is 5.38 Å². The van der Waals surface area contributed by atoms with E-state index in [4.69, 9.17) is 0 Å². The number of carbonyl (C=O) groups is 1. The highest BCUT2D eigenvalue weighted by atomic mass is 32.1. The number of thiophene rings is 1. The first kappa shape index (κ1) is 13.1. The minimum atomic E-state index is -0.761. The van der Waals surface area contributed by atoms with E-state index in [9.17, 15) is 10.1 Å². The van der Waals surface area contributed by atoms with Crippen LogP contribution in [-0.4, -0.2) is 5.91 Å². The van der Waals surface area contributed by atoms with Crippen molar-refractivity contribution in [2.24, 2.45) is 11.3 Å². The molecule has 0 atom stereocenters. The third-order valence-electron chi connectivity index (χ3n) is 3.67. The largest absolute Gasteiger partial charge is 0.350 e. The quantitative estimate of drug-likeness (QED) is 0.907. The van der Waals surface area contributed by atoms with Crippen LogP contribution in [-0.2, 0) is 17.8 Å². The average molecular weight is 262 g/mol. The normalized spacial score (nSPS) is 26.2. The molecule has 0 spiro atoms. The van der Waals surface area contributed by atoms with Crippen LogP contribution in [0.2, 0.25) is 0 Å². The lowest BCUT2D eigenvalue weighted by Crippen LogP contribution is -2.47. The van der Waals surface area contributed by atoms with Gasteiger partial charge in [0.15, 0.2) is 0 Å². The molecule has 18 heavy (non-hydrogen) atoms. The van der Waals surface area contributed by atoms with E-state index in [2.05, 4.69) is 31.3 Å². The zero-order chi connectivity index (χ0) is 13.2. The Balaban J connectivity index is 1.95. The summed E-state index contributed by atoms with van der Waals surface area (Å²) in [7, 11) is 0. The molecule has 0 unspecified atom stereocenters. The first-order valence-electron chi connectivity index (χ1n) is 6.36. The van der Waals surface area contributed by atoms with E-state index in [-0.39, 0.29) is 5.91 Å². The third kappa shape index (κ3) is 2.28. The van der Waals surface area contributed by atoms with Crippen molar-refractivity contribution in [3.63, 3.8) is 0 Å². The van der Waals surface area contributed by atoms with Crippen LogP contribution in [0.15, 0.2) is 11.4 Å². The van der Waals surface area contributed by atoms with Crippen molar-refractivity contribution < 1.29 is 4.79 Å². The second-order valence-electron chi connectivity index (χ2n) is 5.11. The number of rotatable bonds is 4. The van der Waals surface area contributed by atoms with Gasteiger partial charge in [0.05, 0.1) is 12.6 Å². The Morgan fingerprint density at radius 1 is 1.67 bits per heavy atom. The van der Waals surface area contributed by atoms with E-state index in [1.165, 1.54) is 10.4 Å². The molecule has 0 aliphatic heterocycles. The van der Waals surface area contributed by atoms with E-state index >= 15 is 0 Å². The second kappa shape index (κ2) is 5.11. The topological polar surface area (TPSA) is 52.9 Å². The van der Waals surface area contributed by atoms with Gasteiger partial charge in [0, 0.05) is 4.88 Å². The number of aryl methyl sites for hydroxylation is 1. The molecule has 1 aliphatic rings. The van der Waals surface area contributed by atoms with Crippen LogP contribution in [0, 0.1) is 22.7 Å². The highest BCUT2D eigenvalue weighted by molar-refractivity contribution is 7.10. The molecule has 0 radical (unpaired) electrons. The molecule has 1 aromatic rings. The summed E-state index contributed by atoms with van der Waals surface area (Å²) in [4.78, 5) is 13.3. The minimum absolute atomic E-state index is 0.0986. The van der Waals surface area contributed by atoms with Crippen LogP contribution in [0.25, 0.3) is 0 Å². The molecule has 0 saturated heterocycles. The van der Waals surface area contributed by atoms with Crippen LogP contribution in [0.1, 0.15) is 37.1 Å². The van der Waals surface area contributed by atoms with Gasteiger partial charge in [-0.05, 0) is 42.2 Å². The Morgan fingerprint density at radius 2 is 2.39 bits per heavy atom. The lowest BCUT2D eigenvalue weighted by Gasteiger charge is -2.39. The third-order valence-corrected chi connectivity index (χ3v) is 4.63. The molecule has 4 heteroatoms. The van der Waals surface area contributed by atoms with E-state index < -0.39 is 5.41 Å². The van der Waals surface area contributed by atoms with Crippen molar-refractivity contribution in [2.75, 3.05) is 0 Å². The molecule has 96 valence electrons. The van der Waals surface area contributed by atoms with E-state index in [1.54, 1.807) is 11.3 Å². The molecular formula is C14H18N2OS. The maximum absolute atomic E-state index is 12.1. The summed E-state index contributed by atoms with van der Waals surface area (Å²) in [5.74, 6) is 0.391. The van der Waals surface area contributed by atoms with Crippen LogP contribution in [0.3, 0.4) is 0 Å². The Morgan fingerprint density at radius 3 is 2.94 bits per heavy atom. The summed E-state index contributed by atoms with van der Waals surface area (Å²) in [5.41, 5.74) is 0.525. The monoisotopic (exact) mass is 262 g/mol. The van der Waals surface area contributed by atoms with Gasteiger partial charge in [-0.25, -0.2) is 0 Å². The van der Waals surface area contributed by atoms with Crippen molar-refractivity contribution in [3.05, 3.63) is 21.9 Å². The number of amides is 1. The fourth-order valence-corrected chi connectivity index (χ4v) is 3.54. The van der Waals surface area contributed by atoms with Crippen molar-refractivity contribution in [3.8, 4) is 6.07 Å². The van der Waals surface area contributed by atoms with E-state index in [0.29, 0.717) is 25.3 Å². The molecular weight excluding hydrogens is 244 g/mol. The van der Waals surface area contributed by atoms with Crippen molar-refractivity contribution >= 4 is 17.2 Å². The summed E-state index contributed by atoms with van der Waals surface area (Å²) in [6, 6.07) is 4.29. The summed E-state index contributed by atoms with van der Waals surface area (Å²) in [6.45, 7) is 4.74. The van der Waals surface area contributed by atoms with Gasteiger partial charge in [0.25, 0.3) is 0 Å². The summed E-state index contributed by atoms with van der Waals surface area (Å²) >= 11 is 1.66. The smallest absolute Gasteiger partial charge is 0.240 e. The fraction of sp³-hybridized carbons (Fsp3) is 0.571. The number of carbonyl (C=O) groups excluding carboxylic acids is 1. The van der Waals surface area contributed by atoms with Gasteiger partial charge < -0.3 is 5.32 Å². The summed E-state index contributed by atoms with van der Waals surface area (Å²) in [5, 5.41) is 14.1. The van der Waals surface area contributed by atoms with Crippen molar-refractivity contribution in [1.29, 1.82) is 5.26 Å². The molecule has 1 aromatic heterocycles. The molecule has 3 nitrogen and oxygen atoms in total. The van der Waals surface area contributed by atoms with Gasteiger partial charge in [-0.1, -0.05) is 13.8 Å². The highest BCUT2D eigenvalue weighted by Gasteiger charge is 2.48. The van der Waals surface area contributed by atoms with Gasteiger partial charge in [-0.2, -0.15) is 5.26 Å². The van der Waals surface area contributed by atoms with Gasteiger partial charge in [-0.3, -0.25) is 4.79 Å². The molecule has 1 aliphatic carbocycles. The standard InChI is InChI=1S/C14H18N2OS/c1-3-11-4-5-18-12(11)8-16-13(17)14(9-15)6-10(2)7-14/h4-5,10H,3,6-8H2,1-2H3,(H,16,17). The molecule has 1 saturated carbocycles. The molecule has 1 N–H and O–H groups in total. The zero-order valence-electron chi connectivity index (χ0n) is 10.8. The average Bonchev–Trinajstić information content (AvgIpc) is 2.79. The lowest BCUT2D eigenvalue weighted by atomic mass is 9.63. The first-order valence-corrected chi connectivity index (χ1v) is 7.24. The molecule has 1 fully saturated rings. The number of hydrogen-bond donors (Lipinski definition) is 1. The number of nitrogens with zero attached hydrogens (tertiary/aromatic N) is 1. The molecule has 1 amide bonds. The predicted molar refractivity (Wildman–Crippen MR) is 72.0 cm³/mol. The van der Waals surface area contributed by atoms with Gasteiger partial charge >= 0.3 is 0 Å². The molecule has 2 rings (SSSR count). The summed E-state index contributed by atoms with van der Waals surface area (Å²) < 4.78 is 0. The molecule has 0 aromatic carbocycles. The maximum atomic E-state index is 12.1. The van der Waals surface area contributed by atoms with Crippen LogP contribution < -0.4 is 5.32 Å². The Kier molecular flexibility index (Phi) is 3.72. The number of nitriles is 1. The Labute approximate surface area is 112 Å². The second-order valence-corrected chi connectivity index (χ2v) is 6.11. The van der Waals surface area contributed by atoms with Crippen molar-refractivity contribution in [1.82, 2.24) is 5.32 Å². The minimum Gasteiger partial charge on any atom is -0.350 e. The van der Waals surface area contributed by atoms with Crippen LogP contribution in [0.5, 0.6) is 0 Å². The maximum Gasteiger partial charge on any atom is 0.240 e. The Bertz CT molecular complexity index is 480. The Hall–Kier alpha value is -1.34. The highest BCUT2D eigenvalue weighted by Crippen LogP contribution is 2.45. The zero-order valence-corrected chi connectivity index (χ0v) is 11.6. The van der Waals surface area contributed by atoms with Gasteiger partial charge in [0.2, 0.25) is 5.91 Å².